The summed E-state index contributed by atoms with van der Waals surface area (Å²) in [4.78, 5) is 29.7. The molecule has 5 unspecified atom stereocenters. The van der Waals surface area contributed by atoms with Crippen molar-refractivity contribution in [1.29, 1.82) is 0 Å². The number of carbonyl (C=O) groups is 2. The van der Waals surface area contributed by atoms with E-state index in [-0.39, 0.29) is 35.4 Å². The molecule has 0 bridgehead atoms. The predicted molar refractivity (Wildman–Crippen MR) is 143 cm³/mol. The molecule has 38 heavy (non-hydrogen) atoms. The van der Waals surface area contributed by atoms with Gasteiger partial charge in [0.25, 0.3) is 5.91 Å². The smallest absolute Gasteiger partial charge is 0.290 e. The van der Waals surface area contributed by atoms with Crippen molar-refractivity contribution < 1.29 is 28.5 Å². The quantitative estimate of drug-likeness (QED) is 0.481. The number of Topliss-reactive ketones (excluding diaryl/α,β-unsaturated/α-hetero) is 1. The van der Waals surface area contributed by atoms with Crippen LogP contribution in [0.2, 0.25) is 0 Å². The second-order valence-electron chi connectivity index (χ2n) is 10.7. The summed E-state index contributed by atoms with van der Waals surface area (Å²) in [6.45, 7) is 7.27. The number of methoxy groups -OCH3 is 2. The van der Waals surface area contributed by atoms with Crippen LogP contribution in [0.25, 0.3) is 0 Å². The highest BCUT2D eigenvalue weighted by Crippen LogP contribution is 2.49. The topological polar surface area (TPSA) is 74.3 Å². The molecule has 1 amide bonds. The minimum Gasteiger partial charge on any atom is -0.494 e. The Bertz CT molecular complexity index is 1240. The normalized spacial score (nSPS) is 26.6. The van der Waals surface area contributed by atoms with Gasteiger partial charge in [0.2, 0.25) is 0 Å². The lowest BCUT2D eigenvalue weighted by Gasteiger charge is -2.41. The van der Waals surface area contributed by atoms with E-state index >= 15 is 0 Å². The molecule has 5 rings (SSSR count). The Labute approximate surface area is 224 Å². The Balaban J connectivity index is 1.49. The Hall–Kier alpha value is -3.48. The zero-order chi connectivity index (χ0) is 27.0. The van der Waals surface area contributed by atoms with Crippen molar-refractivity contribution >= 4 is 11.7 Å². The van der Waals surface area contributed by atoms with Crippen LogP contribution in [0.5, 0.6) is 17.2 Å². The maximum atomic E-state index is 14.0. The third-order valence-corrected chi connectivity index (χ3v) is 8.13. The highest BCUT2D eigenvalue weighted by atomic mass is 16.5. The van der Waals surface area contributed by atoms with E-state index in [4.69, 9.17) is 18.9 Å². The van der Waals surface area contributed by atoms with E-state index in [9.17, 15) is 9.59 Å². The summed E-state index contributed by atoms with van der Waals surface area (Å²) in [6.07, 6.45) is 2.14. The van der Waals surface area contributed by atoms with Gasteiger partial charge in [-0.15, -0.1) is 0 Å². The van der Waals surface area contributed by atoms with Crippen molar-refractivity contribution in [3.05, 3.63) is 64.9 Å². The number of ether oxygens (including phenoxy) is 4. The van der Waals surface area contributed by atoms with E-state index in [1.54, 1.807) is 19.1 Å². The van der Waals surface area contributed by atoms with Crippen LogP contribution >= 0.6 is 0 Å². The molecular formula is C31H37NO6. The van der Waals surface area contributed by atoms with Crippen LogP contribution in [-0.4, -0.2) is 50.1 Å². The third-order valence-electron chi connectivity index (χ3n) is 8.13. The van der Waals surface area contributed by atoms with Gasteiger partial charge in [0, 0.05) is 6.54 Å². The fourth-order valence-electron chi connectivity index (χ4n) is 6.40. The van der Waals surface area contributed by atoms with Gasteiger partial charge in [-0.2, -0.15) is 0 Å². The van der Waals surface area contributed by atoms with Gasteiger partial charge in [0.1, 0.15) is 11.9 Å². The first-order valence-corrected chi connectivity index (χ1v) is 13.6. The van der Waals surface area contributed by atoms with Crippen LogP contribution in [0.4, 0.5) is 0 Å². The average molecular weight is 520 g/mol. The number of nitrogens with zero attached hydrogens (tertiary/aromatic N) is 1. The Morgan fingerprint density at radius 1 is 0.974 bits per heavy atom. The number of amides is 1. The Morgan fingerprint density at radius 2 is 1.71 bits per heavy atom. The summed E-state index contributed by atoms with van der Waals surface area (Å²) in [5.41, 5.74) is 2.40. The van der Waals surface area contributed by atoms with Gasteiger partial charge in [0.15, 0.2) is 23.0 Å². The van der Waals surface area contributed by atoms with Crippen LogP contribution in [0.15, 0.2) is 53.8 Å². The third kappa shape index (κ3) is 4.63. The minimum atomic E-state index is -0.491. The van der Waals surface area contributed by atoms with E-state index < -0.39 is 6.04 Å². The molecule has 2 aliphatic heterocycles. The first-order valence-electron chi connectivity index (χ1n) is 13.6. The maximum absolute atomic E-state index is 14.0. The number of rotatable bonds is 8. The molecule has 0 radical (unpaired) electrons. The molecule has 0 aromatic heterocycles. The molecule has 7 nitrogen and oxygen atoms in total. The summed E-state index contributed by atoms with van der Waals surface area (Å²) in [7, 11) is 3.21. The van der Waals surface area contributed by atoms with Crippen LogP contribution in [0.3, 0.4) is 0 Å². The van der Waals surface area contributed by atoms with Gasteiger partial charge in [0.05, 0.1) is 38.4 Å². The fourth-order valence-corrected chi connectivity index (χ4v) is 6.40. The first-order chi connectivity index (χ1) is 18.4. The molecule has 2 aromatic rings. The van der Waals surface area contributed by atoms with E-state index in [1.165, 1.54) is 0 Å². The lowest BCUT2D eigenvalue weighted by Crippen LogP contribution is -2.45. The van der Waals surface area contributed by atoms with Gasteiger partial charge < -0.3 is 23.8 Å². The van der Waals surface area contributed by atoms with Crippen molar-refractivity contribution in [2.24, 2.45) is 17.8 Å². The van der Waals surface area contributed by atoms with Crippen LogP contribution in [0.1, 0.15) is 50.8 Å². The van der Waals surface area contributed by atoms with E-state index in [0.717, 1.165) is 29.7 Å². The lowest BCUT2D eigenvalue weighted by atomic mass is 9.70. The van der Waals surface area contributed by atoms with Crippen molar-refractivity contribution in [2.75, 3.05) is 27.4 Å². The molecule has 5 atom stereocenters. The zero-order valence-electron chi connectivity index (χ0n) is 22.9. The van der Waals surface area contributed by atoms with Crippen molar-refractivity contribution in [1.82, 2.24) is 4.90 Å². The second-order valence-corrected chi connectivity index (χ2v) is 10.7. The highest BCUT2D eigenvalue weighted by Gasteiger charge is 2.53. The van der Waals surface area contributed by atoms with Gasteiger partial charge in [-0.25, -0.2) is 0 Å². The van der Waals surface area contributed by atoms with Crippen molar-refractivity contribution in [3.8, 4) is 17.2 Å². The standard InChI is InChI=1S/C31H37NO6/c1-6-37-22-10-8-21(9-11-22)27-26-28(33)23-16-18(2)15-19(3)29(23)38-30(26)31(34)32(27)14-13-20-7-12-24(35-4)25(17-20)36-5/h7-12,17-19,23,27,29H,6,13-16H2,1-5H3. The molecule has 3 aliphatic rings. The number of ketones is 1. The molecular weight excluding hydrogens is 482 g/mol. The van der Waals surface area contributed by atoms with Gasteiger partial charge in [-0.3, -0.25) is 9.59 Å². The largest absolute Gasteiger partial charge is 0.494 e. The zero-order valence-corrected chi connectivity index (χ0v) is 22.9. The number of carbonyl (C=O) groups excluding carboxylic acids is 2. The molecule has 7 heteroatoms. The van der Waals surface area contributed by atoms with Gasteiger partial charge in [-0.05, 0) is 73.4 Å². The van der Waals surface area contributed by atoms with Gasteiger partial charge >= 0.3 is 0 Å². The van der Waals surface area contributed by atoms with E-state index in [2.05, 4.69) is 13.8 Å². The summed E-state index contributed by atoms with van der Waals surface area (Å²) < 4.78 is 22.9. The summed E-state index contributed by atoms with van der Waals surface area (Å²) in [6, 6.07) is 13.0. The molecule has 1 saturated carbocycles. The molecule has 2 heterocycles. The highest BCUT2D eigenvalue weighted by molar-refractivity contribution is 6.11. The minimum absolute atomic E-state index is 0.0653. The number of hydrogen-bond acceptors (Lipinski definition) is 6. The van der Waals surface area contributed by atoms with E-state index in [0.29, 0.717) is 42.6 Å². The Morgan fingerprint density at radius 3 is 2.39 bits per heavy atom. The number of benzene rings is 2. The molecule has 0 saturated heterocycles. The molecule has 2 aromatic carbocycles. The van der Waals surface area contributed by atoms with Crippen molar-refractivity contribution in [2.45, 2.75) is 52.2 Å². The SMILES string of the molecule is CCOc1ccc(C2C3=C(OC4C(C)CC(C)CC4C3=O)C(=O)N2CCc2ccc(OC)c(OC)c2)cc1. The summed E-state index contributed by atoms with van der Waals surface area (Å²) in [5.74, 6) is 2.61. The molecule has 1 fully saturated rings. The molecule has 1 aliphatic carbocycles. The summed E-state index contributed by atoms with van der Waals surface area (Å²) in [5, 5.41) is 0. The van der Waals surface area contributed by atoms with E-state index in [1.807, 2.05) is 49.4 Å². The van der Waals surface area contributed by atoms with Crippen LogP contribution < -0.4 is 14.2 Å². The summed E-state index contributed by atoms with van der Waals surface area (Å²) >= 11 is 0. The predicted octanol–water partition coefficient (Wildman–Crippen LogP) is 5.13. The van der Waals surface area contributed by atoms with Crippen LogP contribution in [-0.2, 0) is 20.7 Å². The molecule has 0 N–H and O–H groups in total. The van der Waals surface area contributed by atoms with Crippen LogP contribution in [0, 0.1) is 17.8 Å². The fraction of sp³-hybridized carbons (Fsp3) is 0.484. The monoisotopic (exact) mass is 519 g/mol. The Kier molecular flexibility index (Phi) is 7.37. The molecule has 202 valence electrons. The lowest BCUT2D eigenvalue weighted by molar-refractivity contribution is -0.138. The second kappa shape index (κ2) is 10.7. The molecule has 0 spiro atoms. The van der Waals surface area contributed by atoms with Crippen molar-refractivity contribution in [3.63, 3.8) is 0 Å². The number of hydrogen-bond donors (Lipinski definition) is 0. The first kappa shape index (κ1) is 26.1. The average Bonchev–Trinajstić information content (AvgIpc) is 3.20. The number of fused-ring (bicyclic) bond motifs is 1. The van der Waals surface area contributed by atoms with Gasteiger partial charge in [-0.1, -0.05) is 32.0 Å². The maximum Gasteiger partial charge on any atom is 0.290 e.